The van der Waals surface area contributed by atoms with E-state index in [0.717, 1.165) is 37.5 Å². The Hall–Kier alpha value is -1.65. The van der Waals surface area contributed by atoms with E-state index < -0.39 is 0 Å². The molecule has 4 nitrogen and oxygen atoms in total. The number of ether oxygens (including phenoxy) is 1. The molecule has 2 heterocycles. The first-order valence-electron chi connectivity index (χ1n) is 6.52. The predicted molar refractivity (Wildman–Crippen MR) is 80.5 cm³/mol. The number of benzene rings is 1. The number of rotatable bonds is 3. The highest BCUT2D eigenvalue weighted by Gasteiger charge is 2.11. The first kappa shape index (κ1) is 14.8. The molecule has 3 rings (SSSR count). The zero-order chi connectivity index (χ0) is 13.1. The van der Waals surface area contributed by atoms with Gasteiger partial charge in [-0.15, -0.1) is 12.4 Å². The van der Waals surface area contributed by atoms with Gasteiger partial charge in [0.05, 0.1) is 7.11 Å². The summed E-state index contributed by atoms with van der Waals surface area (Å²) >= 11 is 0. The van der Waals surface area contributed by atoms with Crippen LogP contribution in [0.2, 0.25) is 0 Å². The van der Waals surface area contributed by atoms with Gasteiger partial charge in [0, 0.05) is 43.4 Å². The van der Waals surface area contributed by atoms with Crippen LogP contribution in [0.3, 0.4) is 0 Å². The molecule has 0 amide bonds. The Kier molecular flexibility index (Phi) is 4.93. The Labute approximate surface area is 125 Å². The van der Waals surface area contributed by atoms with Gasteiger partial charge in [0.1, 0.15) is 11.6 Å². The van der Waals surface area contributed by atoms with Crippen LogP contribution in [-0.4, -0.2) is 23.6 Å². The molecule has 1 aromatic carbocycles. The molecule has 1 aliphatic rings. The zero-order valence-corrected chi connectivity index (χ0v) is 12.2. The maximum absolute atomic E-state index is 5.16. The molecule has 1 aliphatic heterocycles. The Balaban J connectivity index is 0.00000147. The van der Waals surface area contributed by atoms with Gasteiger partial charge in [0.15, 0.2) is 0 Å². The second-order valence-corrected chi connectivity index (χ2v) is 4.71. The lowest BCUT2D eigenvalue weighted by molar-refractivity contribution is 0.414. The number of nitrogens with zero attached hydrogens (tertiary/aromatic N) is 2. The topological polar surface area (TPSA) is 47.0 Å². The van der Waals surface area contributed by atoms with Crippen LogP contribution in [0, 0.1) is 0 Å². The lowest BCUT2D eigenvalue weighted by atomic mass is 10.1. The second-order valence-electron chi connectivity index (χ2n) is 4.71. The number of fused-ring (bicyclic) bond motifs is 1. The van der Waals surface area contributed by atoms with Crippen molar-refractivity contribution in [1.29, 1.82) is 0 Å². The molecule has 106 valence electrons. The minimum Gasteiger partial charge on any atom is -0.497 e. The predicted octanol–water partition coefficient (Wildman–Crippen LogP) is 2.14. The third kappa shape index (κ3) is 3.26. The fraction of sp³-hybridized carbons (Fsp3) is 0.333. The average Bonchev–Trinajstić information content (AvgIpc) is 2.48. The number of hydrogen-bond acceptors (Lipinski definition) is 4. The number of halogens is 1. The highest BCUT2D eigenvalue weighted by molar-refractivity contribution is 5.85. The monoisotopic (exact) mass is 291 g/mol. The molecule has 0 radical (unpaired) electrons. The lowest BCUT2D eigenvalue weighted by Crippen LogP contribution is -2.25. The van der Waals surface area contributed by atoms with E-state index in [9.17, 15) is 0 Å². The SMILES string of the molecule is COc1ccc(Cc2ncc3c(n2)CCNC3)cc1.Cl. The zero-order valence-electron chi connectivity index (χ0n) is 11.4. The lowest BCUT2D eigenvalue weighted by Gasteiger charge is -2.16. The molecule has 0 atom stereocenters. The van der Waals surface area contributed by atoms with Crippen molar-refractivity contribution in [3.05, 3.63) is 53.1 Å². The summed E-state index contributed by atoms with van der Waals surface area (Å²) in [6, 6.07) is 8.06. The van der Waals surface area contributed by atoms with Crippen LogP contribution in [0.15, 0.2) is 30.5 Å². The van der Waals surface area contributed by atoms with Gasteiger partial charge in [-0.25, -0.2) is 9.97 Å². The second kappa shape index (κ2) is 6.68. The molecule has 0 aliphatic carbocycles. The van der Waals surface area contributed by atoms with Crippen molar-refractivity contribution in [3.63, 3.8) is 0 Å². The highest BCUT2D eigenvalue weighted by Crippen LogP contribution is 2.15. The van der Waals surface area contributed by atoms with E-state index in [4.69, 9.17) is 4.74 Å². The summed E-state index contributed by atoms with van der Waals surface area (Å²) in [5, 5.41) is 3.33. The van der Waals surface area contributed by atoms with Gasteiger partial charge in [-0.3, -0.25) is 0 Å². The summed E-state index contributed by atoms with van der Waals surface area (Å²) in [5.41, 5.74) is 3.62. The van der Waals surface area contributed by atoms with Gasteiger partial charge >= 0.3 is 0 Å². The summed E-state index contributed by atoms with van der Waals surface area (Å²) in [4.78, 5) is 9.12. The normalized spacial score (nSPS) is 13.2. The van der Waals surface area contributed by atoms with E-state index in [-0.39, 0.29) is 12.4 Å². The molecule has 0 bridgehead atoms. The molecule has 5 heteroatoms. The molecular weight excluding hydrogens is 274 g/mol. The summed E-state index contributed by atoms with van der Waals surface area (Å²) in [6.07, 6.45) is 3.71. The standard InChI is InChI=1S/C15H17N3O.ClH/c1-19-13-4-2-11(3-5-13)8-15-17-10-12-9-16-7-6-14(12)18-15;/h2-5,10,16H,6-9H2,1H3;1H. The molecule has 1 aromatic heterocycles. The molecule has 0 unspecified atom stereocenters. The van der Waals surface area contributed by atoms with Gasteiger partial charge in [-0.05, 0) is 17.7 Å². The van der Waals surface area contributed by atoms with Crippen LogP contribution in [0.4, 0.5) is 0 Å². The third-order valence-corrected chi connectivity index (χ3v) is 3.38. The maximum atomic E-state index is 5.16. The largest absolute Gasteiger partial charge is 0.497 e. The molecule has 2 aromatic rings. The van der Waals surface area contributed by atoms with Crippen LogP contribution in [0.5, 0.6) is 5.75 Å². The van der Waals surface area contributed by atoms with Crippen molar-refractivity contribution in [1.82, 2.24) is 15.3 Å². The van der Waals surface area contributed by atoms with Crippen LogP contribution in [-0.2, 0) is 19.4 Å². The van der Waals surface area contributed by atoms with Gasteiger partial charge < -0.3 is 10.1 Å². The molecule has 1 N–H and O–H groups in total. The van der Waals surface area contributed by atoms with Gasteiger partial charge in [-0.2, -0.15) is 0 Å². The number of nitrogens with one attached hydrogen (secondary N) is 1. The smallest absolute Gasteiger partial charge is 0.132 e. The average molecular weight is 292 g/mol. The van der Waals surface area contributed by atoms with Crippen molar-refractivity contribution in [2.45, 2.75) is 19.4 Å². The molecule has 0 fully saturated rings. The number of aromatic nitrogens is 2. The molecule has 0 saturated carbocycles. The van der Waals surface area contributed by atoms with Crippen LogP contribution in [0.1, 0.15) is 22.6 Å². The van der Waals surface area contributed by atoms with E-state index in [1.807, 2.05) is 18.3 Å². The van der Waals surface area contributed by atoms with Gasteiger partial charge in [-0.1, -0.05) is 12.1 Å². The Bertz CT molecular complexity index is 572. The van der Waals surface area contributed by atoms with Gasteiger partial charge in [0.2, 0.25) is 0 Å². The minimum atomic E-state index is 0. The molecule has 0 saturated heterocycles. The summed E-state index contributed by atoms with van der Waals surface area (Å²) < 4.78 is 5.16. The first-order chi connectivity index (χ1) is 9.35. The Morgan fingerprint density at radius 1 is 1.25 bits per heavy atom. The summed E-state index contributed by atoms with van der Waals surface area (Å²) in [5.74, 6) is 1.77. The fourth-order valence-corrected chi connectivity index (χ4v) is 2.29. The van der Waals surface area contributed by atoms with E-state index in [0.29, 0.717) is 0 Å². The van der Waals surface area contributed by atoms with E-state index in [1.165, 1.54) is 16.8 Å². The Morgan fingerprint density at radius 2 is 2.05 bits per heavy atom. The van der Waals surface area contributed by atoms with Crippen molar-refractivity contribution >= 4 is 12.4 Å². The quantitative estimate of drug-likeness (QED) is 0.941. The summed E-state index contributed by atoms with van der Waals surface area (Å²) in [6.45, 7) is 1.89. The summed E-state index contributed by atoms with van der Waals surface area (Å²) in [7, 11) is 1.68. The van der Waals surface area contributed by atoms with Crippen molar-refractivity contribution in [2.75, 3.05) is 13.7 Å². The fourth-order valence-electron chi connectivity index (χ4n) is 2.29. The van der Waals surface area contributed by atoms with E-state index >= 15 is 0 Å². The molecular formula is C15H18ClN3O. The minimum absolute atomic E-state index is 0. The van der Waals surface area contributed by atoms with Crippen molar-refractivity contribution < 1.29 is 4.74 Å². The van der Waals surface area contributed by atoms with Crippen molar-refractivity contribution in [3.8, 4) is 5.75 Å². The van der Waals surface area contributed by atoms with Crippen LogP contribution in [0.25, 0.3) is 0 Å². The first-order valence-corrected chi connectivity index (χ1v) is 6.52. The highest BCUT2D eigenvalue weighted by atomic mass is 35.5. The van der Waals surface area contributed by atoms with Crippen molar-refractivity contribution in [2.24, 2.45) is 0 Å². The number of methoxy groups -OCH3 is 1. The Morgan fingerprint density at radius 3 is 2.80 bits per heavy atom. The maximum Gasteiger partial charge on any atom is 0.132 e. The van der Waals surface area contributed by atoms with Crippen LogP contribution < -0.4 is 10.1 Å². The van der Waals surface area contributed by atoms with Gasteiger partial charge in [0.25, 0.3) is 0 Å². The van der Waals surface area contributed by atoms with E-state index in [1.54, 1.807) is 7.11 Å². The number of hydrogen-bond donors (Lipinski definition) is 1. The molecule has 20 heavy (non-hydrogen) atoms. The van der Waals surface area contributed by atoms with E-state index in [2.05, 4.69) is 27.4 Å². The third-order valence-electron chi connectivity index (χ3n) is 3.38. The molecule has 0 spiro atoms. The van der Waals surface area contributed by atoms with Crippen LogP contribution >= 0.6 is 12.4 Å².